The van der Waals surface area contributed by atoms with E-state index in [4.69, 9.17) is 16.3 Å². The summed E-state index contributed by atoms with van der Waals surface area (Å²) in [4.78, 5) is 0. The van der Waals surface area contributed by atoms with Gasteiger partial charge in [-0.2, -0.15) is 5.10 Å². The highest BCUT2D eigenvalue weighted by Gasteiger charge is 2.03. The summed E-state index contributed by atoms with van der Waals surface area (Å²) in [5.41, 5.74) is 1.18. The summed E-state index contributed by atoms with van der Waals surface area (Å²) in [6.45, 7) is 5.26. The fourth-order valence-corrected chi connectivity index (χ4v) is 2.06. The molecule has 0 atom stereocenters. The van der Waals surface area contributed by atoms with Crippen molar-refractivity contribution in [3.05, 3.63) is 47.2 Å². The zero-order chi connectivity index (χ0) is 14.2. The van der Waals surface area contributed by atoms with Crippen molar-refractivity contribution < 1.29 is 4.74 Å². The maximum atomic E-state index is 5.84. The third-order valence-electron chi connectivity index (χ3n) is 2.89. The normalized spacial score (nSPS) is 10.7. The Labute approximate surface area is 124 Å². The fourth-order valence-electron chi connectivity index (χ4n) is 1.90. The summed E-state index contributed by atoms with van der Waals surface area (Å²) in [5, 5.41) is 8.16. The summed E-state index contributed by atoms with van der Waals surface area (Å²) in [7, 11) is 0. The molecule has 0 bridgehead atoms. The Morgan fingerprint density at radius 3 is 2.95 bits per heavy atom. The summed E-state index contributed by atoms with van der Waals surface area (Å²) < 4.78 is 7.62. The molecule has 0 amide bonds. The molecular formula is C15H20ClN3O. The van der Waals surface area contributed by atoms with Crippen LogP contribution in [0.15, 0.2) is 36.7 Å². The van der Waals surface area contributed by atoms with E-state index < -0.39 is 0 Å². The van der Waals surface area contributed by atoms with Gasteiger partial charge in [0.25, 0.3) is 0 Å². The maximum Gasteiger partial charge on any atom is 0.123 e. The third-order valence-corrected chi connectivity index (χ3v) is 3.09. The lowest BCUT2D eigenvalue weighted by Gasteiger charge is -2.12. The smallest absolute Gasteiger partial charge is 0.123 e. The molecule has 0 radical (unpaired) electrons. The molecule has 1 aromatic heterocycles. The van der Waals surface area contributed by atoms with Gasteiger partial charge in [0.2, 0.25) is 0 Å². The highest BCUT2D eigenvalue weighted by Crippen LogP contribution is 2.17. The Morgan fingerprint density at radius 1 is 1.35 bits per heavy atom. The molecule has 5 heteroatoms. The van der Waals surface area contributed by atoms with Crippen LogP contribution in [0.25, 0.3) is 0 Å². The first-order valence-electron chi connectivity index (χ1n) is 6.89. The number of nitrogens with one attached hydrogen (secondary N) is 1. The molecule has 0 aliphatic heterocycles. The van der Waals surface area contributed by atoms with Crippen LogP contribution in [0.3, 0.4) is 0 Å². The lowest BCUT2D eigenvalue weighted by molar-refractivity contribution is 0.288. The van der Waals surface area contributed by atoms with E-state index in [0.717, 1.165) is 25.3 Å². The molecule has 0 unspecified atom stereocenters. The van der Waals surface area contributed by atoms with E-state index in [9.17, 15) is 0 Å². The largest absolute Gasteiger partial charge is 0.491 e. The van der Waals surface area contributed by atoms with E-state index in [1.165, 1.54) is 5.56 Å². The van der Waals surface area contributed by atoms with Crippen molar-refractivity contribution in [1.29, 1.82) is 0 Å². The SMILES string of the molecule is CCCNCc1ccccc1OCCn1cc(Cl)cn1. The second-order valence-electron chi connectivity index (χ2n) is 4.55. The zero-order valence-electron chi connectivity index (χ0n) is 11.7. The molecule has 1 heterocycles. The molecule has 20 heavy (non-hydrogen) atoms. The minimum Gasteiger partial charge on any atom is -0.491 e. The predicted molar refractivity (Wildman–Crippen MR) is 81.2 cm³/mol. The molecule has 1 aromatic carbocycles. The van der Waals surface area contributed by atoms with Crippen molar-refractivity contribution in [3.8, 4) is 5.75 Å². The molecule has 2 rings (SSSR count). The molecule has 0 saturated carbocycles. The number of hydrogen-bond acceptors (Lipinski definition) is 3. The fraction of sp³-hybridized carbons (Fsp3) is 0.400. The van der Waals surface area contributed by atoms with Gasteiger partial charge >= 0.3 is 0 Å². The van der Waals surface area contributed by atoms with Crippen LogP contribution in [0.1, 0.15) is 18.9 Å². The van der Waals surface area contributed by atoms with E-state index in [0.29, 0.717) is 18.2 Å². The van der Waals surface area contributed by atoms with Crippen LogP contribution in [0, 0.1) is 0 Å². The van der Waals surface area contributed by atoms with Crippen molar-refractivity contribution in [2.75, 3.05) is 13.2 Å². The van der Waals surface area contributed by atoms with E-state index in [2.05, 4.69) is 23.4 Å². The Hall–Kier alpha value is -1.52. The topological polar surface area (TPSA) is 39.1 Å². The quantitative estimate of drug-likeness (QED) is 0.760. The van der Waals surface area contributed by atoms with Crippen LogP contribution in [0.4, 0.5) is 0 Å². The molecule has 2 aromatic rings. The number of aromatic nitrogens is 2. The van der Waals surface area contributed by atoms with Crippen molar-refractivity contribution in [2.45, 2.75) is 26.4 Å². The van der Waals surface area contributed by atoms with Crippen LogP contribution in [-0.4, -0.2) is 22.9 Å². The van der Waals surface area contributed by atoms with Crippen LogP contribution in [0.2, 0.25) is 5.02 Å². The van der Waals surface area contributed by atoms with Gasteiger partial charge in [0.1, 0.15) is 12.4 Å². The van der Waals surface area contributed by atoms with Gasteiger partial charge in [-0.3, -0.25) is 4.68 Å². The Kier molecular flexibility index (Phi) is 5.89. The molecular weight excluding hydrogens is 274 g/mol. The number of halogens is 1. The molecule has 0 aliphatic rings. The average molecular weight is 294 g/mol. The minimum absolute atomic E-state index is 0.572. The van der Waals surface area contributed by atoms with Gasteiger partial charge < -0.3 is 10.1 Å². The highest BCUT2D eigenvalue weighted by molar-refractivity contribution is 6.30. The molecule has 0 aliphatic carbocycles. The first-order valence-corrected chi connectivity index (χ1v) is 7.26. The van der Waals surface area contributed by atoms with Gasteiger partial charge in [0, 0.05) is 18.3 Å². The number of rotatable bonds is 8. The Balaban J connectivity index is 1.85. The van der Waals surface area contributed by atoms with Crippen LogP contribution < -0.4 is 10.1 Å². The minimum atomic E-state index is 0.572. The molecule has 0 spiro atoms. The summed E-state index contributed by atoms with van der Waals surface area (Å²) >= 11 is 5.82. The second kappa shape index (κ2) is 7.92. The van der Waals surface area contributed by atoms with Crippen LogP contribution in [-0.2, 0) is 13.1 Å². The van der Waals surface area contributed by atoms with E-state index >= 15 is 0 Å². The first-order chi connectivity index (χ1) is 9.79. The van der Waals surface area contributed by atoms with Crippen LogP contribution in [0.5, 0.6) is 5.75 Å². The van der Waals surface area contributed by atoms with Crippen molar-refractivity contribution >= 4 is 11.6 Å². The molecule has 108 valence electrons. The van der Waals surface area contributed by atoms with Crippen molar-refractivity contribution in [2.24, 2.45) is 0 Å². The van der Waals surface area contributed by atoms with Crippen molar-refractivity contribution in [3.63, 3.8) is 0 Å². The standard InChI is InChI=1S/C15H20ClN3O/c1-2-7-17-10-13-5-3-4-6-15(13)20-9-8-19-12-14(16)11-18-19/h3-6,11-12,17H,2,7-10H2,1H3. The van der Waals surface area contributed by atoms with Crippen LogP contribution >= 0.6 is 11.6 Å². The van der Waals surface area contributed by atoms with Crippen molar-refractivity contribution in [1.82, 2.24) is 15.1 Å². The Morgan fingerprint density at radius 2 is 2.20 bits per heavy atom. The molecule has 4 nitrogen and oxygen atoms in total. The number of benzene rings is 1. The first kappa shape index (κ1) is 14.9. The van der Waals surface area contributed by atoms with Gasteiger partial charge in [0.05, 0.1) is 17.8 Å². The zero-order valence-corrected chi connectivity index (χ0v) is 12.4. The van der Waals surface area contributed by atoms with Gasteiger partial charge in [-0.15, -0.1) is 0 Å². The average Bonchev–Trinajstić information content (AvgIpc) is 2.86. The molecule has 1 N–H and O–H groups in total. The number of ether oxygens (including phenoxy) is 1. The predicted octanol–water partition coefficient (Wildman–Crippen LogP) is 3.12. The lowest BCUT2D eigenvalue weighted by atomic mass is 10.2. The monoisotopic (exact) mass is 293 g/mol. The molecule has 0 saturated heterocycles. The summed E-state index contributed by atoms with van der Waals surface area (Å²) in [5.74, 6) is 0.925. The number of para-hydroxylation sites is 1. The second-order valence-corrected chi connectivity index (χ2v) is 4.99. The van der Waals surface area contributed by atoms with E-state index in [1.54, 1.807) is 17.1 Å². The van der Waals surface area contributed by atoms with Gasteiger partial charge in [-0.05, 0) is 19.0 Å². The Bertz CT molecular complexity index is 527. The van der Waals surface area contributed by atoms with Gasteiger partial charge in [0.15, 0.2) is 0 Å². The van der Waals surface area contributed by atoms with E-state index in [-0.39, 0.29) is 0 Å². The summed E-state index contributed by atoms with van der Waals surface area (Å²) in [6, 6.07) is 8.11. The lowest BCUT2D eigenvalue weighted by Crippen LogP contribution is -2.15. The number of hydrogen-bond donors (Lipinski definition) is 1. The number of nitrogens with zero attached hydrogens (tertiary/aromatic N) is 2. The molecule has 0 fully saturated rings. The summed E-state index contributed by atoms with van der Waals surface area (Å²) in [6.07, 6.45) is 4.55. The third kappa shape index (κ3) is 4.54. The van der Waals surface area contributed by atoms with E-state index in [1.807, 2.05) is 18.2 Å². The maximum absolute atomic E-state index is 5.84. The highest BCUT2D eigenvalue weighted by atomic mass is 35.5. The van der Waals surface area contributed by atoms with Gasteiger partial charge in [-0.25, -0.2) is 0 Å². The van der Waals surface area contributed by atoms with Gasteiger partial charge in [-0.1, -0.05) is 36.7 Å².